The van der Waals surface area contributed by atoms with Crippen molar-refractivity contribution in [3.05, 3.63) is 45.3 Å². The quantitative estimate of drug-likeness (QED) is 0.561. The molecule has 14 heavy (non-hydrogen) atoms. The summed E-state index contributed by atoms with van der Waals surface area (Å²) < 4.78 is 1.58. The van der Waals surface area contributed by atoms with E-state index in [1.165, 1.54) is 0 Å². The fourth-order valence-corrected chi connectivity index (χ4v) is 1.76. The Kier molecular flexibility index (Phi) is 1.36. The standard InChI is InChI=1S/C11H8N2O/c14-11-8-4-3-5-9(8)12-10-6-1-2-7-13(10)11/h1-2,4-7H,3H2. The third-order valence-electron chi connectivity index (χ3n) is 2.43. The van der Waals surface area contributed by atoms with Gasteiger partial charge in [0.15, 0.2) is 0 Å². The van der Waals surface area contributed by atoms with Crippen LogP contribution in [0.25, 0.3) is 17.8 Å². The fourth-order valence-electron chi connectivity index (χ4n) is 1.76. The average Bonchev–Trinajstić information content (AvgIpc) is 2.66. The minimum absolute atomic E-state index is 0.0272. The van der Waals surface area contributed by atoms with Crippen molar-refractivity contribution in [1.29, 1.82) is 0 Å². The van der Waals surface area contributed by atoms with Gasteiger partial charge in [-0.05, 0) is 18.6 Å². The van der Waals surface area contributed by atoms with Gasteiger partial charge in [0.25, 0.3) is 5.56 Å². The molecule has 2 aromatic heterocycles. The highest BCUT2D eigenvalue weighted by molar-refractivity contribution is 5.47. The summed E-state index contributed by atoms with van der Waals surface area (Å²) in [6.45, 7) is 0. The second-order valence-corrected chi connectivity index (χ2v) is 3.29. The molecule has 68 valence electrons. The summed E-state index contributed by atoms with van der Waals surface area (Å²) in [5.41, 5.74) is 0.738. The minimum Gasteiger partial charge on any atom is -0.268 e. The number of nitrogens with zero attached hydrogens (tertiary/aromatic N) is 2. The Morgan fingerprint density at radius 1 is 1.29 bits per heavy atom. The van der Waals surface area contributed by atoms with Crippen LogP contribution in [0.5, 0.6) is 0 Å². The molecule has 0 N–H and O–H groups in total. The van der Waals surface area contributed by atoms with Gasteiger partial charge < -0.3 is 0 Å². The van der Waals surface area contributed by atoms with E-state index in [0.29, 0.717) is 5.65 Å². The summed E-state index contributed by atoms with van der Waals surface area (Å²) in [5.74, 6) is 0. The minimum atomic E-state index is 0.0272. The van der Waals surface area contributed by atoms with Gasteiger partial charge >= 0.3 is 0 Å². The van der Waals surface area contributed by atoms with Crippen molar-refractivity contribution in [2.45, 2.75) is 6.42 Å². The van der Waals surface area contributed by atoms with Crippen molar-refractivity contribution in [3.63, 3.8) is 0 Å². The van der Waals surface area contributed by atoms with Crippen molar-refractivity contribution in [2.24, 2.45) is 0 Å². The first-order valence-corrected chi connectivity index (χ1v) is 4.54. The van der Waals surface area contributed by atoms with Crippen LogP contribution in [0.3, 0.4) is 0 Å². The number of rotatable bonds is 0. The Morgan fingerprint density at radius 2 is 2.21 bits per heavy atom. The van der Waals surface area contributed by atoms with Gasteiger partial charge in [0, 0.05) is 6.20 Å². The van der Waals surface area contributed by atoms with Crippen LogP contribution < -0.4 is 16.1 Å². The van der Waals surface area contributed by atoms with Gasteiger partial charge in [-0.2, -0.15) is 0 Å². The summed E-state index contributed by atoms with van der Waals surface area (Å²) in [6, 6.07) is 5.56. The van der Waals surface area contributed by atoms with Gasteiger partial charge in [0.1, 0.15) is 5.65 Å². The zero-order chi connectivity index (χ0) is 9.54. The average molecular weight is 184 g/mol. The lowest BCUT2D eigenvalue weighted by Crippen LogP contribution is -2.43. The van der Waals surface area contributed by atoms with E-state index in [-0.39, 0.29) is 5.56 Å². The van der Waals surface area contributed by atoms with E-state index in [0.717, 1.165) is 17.0 Å². The third kappa shape index (κ3) is 0.865. The topological polar surface area (TPSA) is 34.4 Å². The molecule has 0 saturated heterocycles. The van der Waals surface area contributed by atoms with E-state index >= 15 is 0 Å². The molecule has 0 atom stereocenters. The van der Waals surface area contributed by atoms with E-state index in [2.05, 4.69) is 4.98 Å². The van der Waals surface area contributed by atoms with E-state index in [1.54, 1.807) is 10.6 Å². The lowest BCUT2D eigenvalue weighted by atomic mass is 10.4. The largest absolute Gasteiger partial charge is 0.268 e. The first-order valence-electron chi connectivity index (χ1n) is 4.54. The van der Waals surface area contributed by atoms with Gasteiger partial charge in [-0.1, -0.05) is 18.2 Å². The first-order chi connectivity index (χ1) is 6.86. The monoisotopic (exact) mass is 184 g/mol. The smallest absolute Gasteiger partial charge is 0.265 e. The molecule has 0 fully saturated rings. The second kappa shape index (κ2) is 2.54. The highest BCUT2D eigenvalue weighted by Crippen LogP contribution is 1.92. The third-order valence-corrected chi connectivity index (χ3v) is 2.43. The van der Waals surface area contributed by atoms with Crippen LogP contribution in [0.2, 0.25) is 0 Å². The van der Waals surface area contributed by atoms with Crippen LogP contribution in [0.1, 0.15) is 6.42 Å². The maximum atomic E-state index is 11.9. The SMILES string of the molecule is O=c1c2c(nc3ccccn13)=CCC=2. The summed E-state index contributed by atoms with van der Waals surface area (Å²) in [7, 11) is 0. The Hall–Kier alpha value is -1.90. The van der Waals surface area contributed by atoms with Crippen LogP contribution in [0.4, 0.5) is 0 Å². The highest BCUT2D eigenvalue weighted by atomic mass is 16.1. The molecule has 0 spiro atoms. The molecule has 2 aromatic rings. The van der Waals surface area contributed by atoms with E-state index in [9.17, 15) is 4.79 Å². The second-order valence-electron chi connectivity index (χ2n) is 3.29. The Morgan fingerprint density at radius 3 is 3.14 bits per heavy atom. The van der Waals surface area contributed by atoms with Crippen LogP contribution in [0, 0.1) is 0 Å². The lowest BCUT2D eigenvalue weighted by Gasteiger charge is -1.97. The van der Waals surface area contributed by atoms with Crippen molar-refractivity contribution in [3.8, 4) is 0 Å². The maximum absolute atomic E-state index is 11.9. The summed E-state index contributed by atoms with van der Waals surface area (Å²) in [4.78, 5) is 16.3. The van der Waals surface area contributed by atoms with E-state index in [1.807, 2.05) is 30.4 Å². The van der Waals surface area contributed by atoms with Crippen LogP contribution in [0.15, 0.2) is 29.2 Å². The molecule has 3 heteroatoms. The van der Waals surface area contributed by atoms with Gasteiger partial charge in [0.2, 0.25) is 0 Å². The summed E-state index contributed by atoms with van der Waals surface area (Å²) in [5, 5.41) is 1.55. The van der Waals surface area contributed by atoms with E-state index < -0.39 is 0 Å². The molecular weight excluding hydrogens is 176 g/mol. The van der Waals surface area contributed by atoms with E-state index in [4.69, 9.17) is 0 Å². The Labute approximate surface area is 79.7 Å². The number of hydrogen-bond acceptors (Lipinski definition) is 2. The zero-order valence-corrected chi connectivity index (χ0v) is 7.47. The molecule has 0 unspecified atom stereocenters. The molecule has 1 aliphatic rings. The molecule has 1 aliphatic carbocycles. The molecule has 0 radical (unpaired) electrons. The molecular formula is C11H8N2O. The van der Waals surface area contributed by atoms with Gasteiger partial charge in [-0.3, -0.25) is 9.20 Å². The fraction of sp³-hybridized carbons (Fsp3) is 0.0909. The number of aromatic nitrogens is 2. The van der Waals surface area contributed by atoms with Crippen LogP contribution in [-0.2, 0) is 0 Å². The molecule has 3 rings (SSSR count). The Bertz CT molecular complexity index is 682. The van der Waals surface area contributed by atoms with Gasteiger partial charge in [-0.15, -0.1) is 0 Å². The first kappa shape index (κ1) is 7.50. The van der Waals surface area contributed by atoms with Crippen LogP contribution in [-0.4, -0.2) is 9.38 Å². The van der Waals surface area contributed by atoms with Gasteiger partial charge in [-0.25, -0.2) is 4.98 Å². The lowest BCUT2D eigenvalue weighted by molar-refractivity contribution is 1.01. The number of fused-ring (bicyclic) bond motifs is 2. The van der Waals surface area contributed by atoms with Crippen molar-refractivity contribution >= 4 is 17.8 Å². The molecule has 0 aliphatic heterocycles. The molecule has 2 heterocycles. The summed E-state index contributed by atoms with van der Waals surface area (Å²) in [6.07, 6.45) is 6.46. The summed E-state index contributed by atoms with van der Waals surface area (Å²) >= 11 is 0. The normalized spacial score (nSPS) is 13.4. The molecule has 0 aromatic carbocycles. The molecule has 0 saturated carbocycles. The number of hydrogen-bond donors (Lipinski definition) is 0. The number of pyridine rings is 1. The maximum Gasteiger partial charge on any atom is 0.265 e. The molecule has 0 amide bonds. The zero-order valence-electron chi connectivity index (χ0n) is 7.47. The molecule has 0 bridgehead atoms. The van der Waals surface area contributed by atoms with Crippen molar-refractivity contribution in [1.82, 2.24) is 9.38 Å². The van der Waals surface area contributed by atoms with Crippen molar-refractivity contribution < 1.29 is 0 Å². The van der Waals surface area contributed by atoms with Crippen LogP contribution >= 0.6 is 0 Å². The van der Waals surface area contributed by atoms with Crippen molar-refractivity contribution in [2.75, 3.05) is 0 Å². The predicted molar refractivity (Wildman–Crippen MR) is 54.3 cm³/mol. The highest BCUT2D eigenvalue weighted by Gasteiger charge is 2.02. The molecule has 3 nitrogen and oxygen atoms in total. The Balaban J connectivity index is 2.72. The predicted octanol–water partition coefficient (Wildman–Crippen LogP) is -0.341. The van der Waals surface area contributed by atoms with Gasteiger partial charge in [0.05, 0.1) is 10.6 Å².